The summed E-state index contributed by atoms with van der Waals surface area (Å²) in [4.78, 5) is 18.4. The van der Waals surface area contributed by atoms with Crippen molar-refractivity contribution in [2.75, 3.05) is 13.1 Å². The van der Waals surface area contributed by atoms with E-state index in [1.807, 2.05) is 18.7 Å². The van der Waals surface area contributed by atoms with Gasteiger partial charge in [-0.15, -0.1) is 0 Å². The highest BCUT2D eigenvalue weighted by molar-refractivity contribution is 6.33. The molecule has 1 aliphatic heterocycles. The number of amides is 1. The lowest BCUT2D eigenvalue weighted by Crippen LogP contribution is -2.44. The molecule has 5 heteroatoms. The Morgan fingerprint density at radius 1 is 1.63 bits per heavy atom. The van der Waals surface area contributed by atoms with E-state index in [2.05, 4.69) is 10.3 Å². The molecular formula is C14H20ClN3O. The summed E-state index contributed by atoms with van der Waals surface area (Å²) < 4.78 is 0. The molecule has 1 atom stereocenters. The van der Waals surface area contributed by atoms with E-state index in [1.54, 1.807) is 12.3 Å². The molecule has 104 valence electrons. The van der Waals surface area contributed by atoms with Crippen LogP contribution in [0.3, 0.4) is 0 Å². The van der Waals surface area contributed by atoms with Gasteiger partial charge in [0.15, 0.2) is 0 Å². The van der Waals surface area contributed by atoms with Gasteiger partial charge in [0.05, 0.1) is 10.6 Å². The fourth-order valence-electron chi connectivity index (χ4n) is 2.38. The molecule has 1 fully saturated rings. The molecule has 0 radical (unpaired) electrons. The van der Waals surface area contributed by atoms with Gasteiger partial charge in [-0.05, 0) is 39.3 Å². The van der Waals surface area contributed by atoms with Crippen LogP contribution in [0.15, 0.2) is 18.5 Å². The van der Waals surface area contributed by atoms with Crippen LogP contribution in [0.4, 0.5) is 0 Å². The van der Waals surface area contributed by atoms with Crippen LogP contribution in [0, 0.1) is 0 Å². The number of carbonyl (C=O) groups excluding carboxylic acids is 1. The molecule has 1 aromatic heterocycles. The maximum Gasteiger partial charge on any atom is 0.255 e. The van der Waals surface area contributed by atoms with Crippen LogP contribution in [0.25, 0.3) is 0 Å². The Hall–Kier alpha value is -1.13. The van der Waals surface area contributed by atoms with E-state index >= 15 is 0 Å². The summed E-state index contributed by atoms with van der Waals surface area (Å²) in [5.74, 6) is -0.0175. The van der Waals surface area contributed by atoms with E-state index in [9.17, 15) is 4.79 Å². The van der Waals surface area contributed by atoms with Gasteiger partial charge in [0.1, 0.15) is 0 Å². The molecule has 0 bridgehead atoms. The number of pyridine rings is 1. The van der Waals surface area contributed by atoms with Gasteiger partial charge in [0.25, 0.3) is 5.91 Å². The molecule has 4 nitrogen and oxygen atoms in total. The summed E-state index contributed by atoms with van der Waals surface area (Å²) in [6.07, 6.45) is 5.42. The SMILES string of the molecule is CC(C)N(CC1CCCN1)C(=O)c1ccncc1Cl. The van der Waals surface area contributed by atoms with Crippen molar-refractivity contribution in [3.8, 4) is 0 Å². The van der Waals surface area contributed by atoms with Crippen LogP contribution in [-0.4, -0.2) is 41.0 Å². The van der Waals surface area contributed by atoms with Crippen LogP contribution in [-0.2, 0) is 0 Å². The van der Waals surface area contributed by atoms with Crippen LogP contribution < -0.4 is 5.32 Å². The van der Waals surface area contributed by atoms with E-state index in [4.69, 9.17) is 11.6 Å². The molecule has 0 spiro atoms. The van der Waals surface area contributed by atoms with Crippen molar-refractivity contribution in [3.05, 3.63) is 29.0 Å². The first-order valence-electron chi connectivity index (χ1n) is 6.73. The molecule has 0 aromatic carbocycles. The first-order valence-corrected chi connectivity index (χ1v) is 7.11. The average Bonchev–Trinajstić information content (AvgIpc) is 2.88. The third kappa shape index (κ3) is 3.45. The monoisotopic (exact) mass is 281 g/mol. The molecule has 1 saturated heterocycles. The lowest BCUT2D eigenvalue weighted by Gasteiger charge is -2.29. The maximum atomic E-state index is 12.6. The Morgan fingerprint density at radius 3 is 3.00 bits per heavy atom. The van der Waals surface area contributed by atoms with Gasteiger partial charge >= 0.3 is 0 Å². The second kappa shape index (κ2) is 6.35. The van der Waals surface area contributed by atoms with Gasteiger partial charge in [-0.25, -0.2) is 0 Å². The first-order chi connectivity index (χ1) is 9.09. The van der Waals surface area contributed by atoms with Crippen molar-refractivity contribution in [2.45, 2.75) is 38.8 Å². The van der Waals surface area contributed by atoms with Gasteiger partial charge in [-0.2, -0.15) is 0 Å². The van der Waals surface area contributed by atoms with E-state index in [1.165, 1.54) is 12.6 Å². The number of aromatic nitrogens is 1. The quantitative estimate of drug-likeness (QED) is 0.921. The molecule has 1 N–H and O–H groups in total. The largest absolute Gasteiger partial charge is 0.335 e. The van der Waals surface area contributed by atoms with Gasteiger partial charge in [-0.1, -0.05) is 11.6 Å². The van der Waals surface area contributed by atoms with E-state index in [0.717, 1.165) is 19.5 Å². The molecular weight excluding hydrogens is 262 g/mol. The minimum Gasteiger partial charge on any atom is -0.335 e. The molecule has 1 aliphatic rings. The molecule has 19 heavy (non-hydrogen) atoms. The summed E-state index contributed by atoms with van der Waals surface area (Å²) >= 11 is 6.06. The van der Waals surface area contributed by atoms with Crippen LogP contribution in [0.5, 0.6) is 0 Å². The lowest BCUT2D eigenvalue weighted by molar-refractivity contribution is 0.0689. The molecule has 1 aromatic rings. The fourth-order valence-corrected chi connectivity index (χ4v) is 2.58. The van der Waals surface area contributed by atoms with Crippen molar-refractivity contribution in [2.24, 2.45) is 0 Å². The predicted molar refractivity (Wildman–Crippen MR) is 76.4 cm³/mol. The van der Waals surface area contributed by atoms with Gasteiger partial charge < -0.3 is 10.2 Å². The summed E-state index contributed by atoms with van der Waals surface area (Å²) in [6.45, 7) is 5.83. The molecule has 2 heterocycles. The van der Waals surface area contributed by atoms with Crippen molar-refractivity contribution in [1.29, 1.82) is 0 Å². The van der Waals surface area contributed by atoms with Crippen molar-refractivity contribution in [1.82, 2.24) is 15.2 Å². The fraction of sp³-hybridized carbons (Fsp3) is 0.571. The smallest absolute Gasteiger partial charge is 0.255 e. The standard InChI is InChI=1S/C14H20ClN3O/c1-10(2)18(9-11-4-3-6-17-11)14(19)12-5-7-16-8-13(12)15/h5,7-8,10-11,17H,3-4,6,9H2,1-2H3. The zero-order valence-corrected chi connectivity index (χ0v) is 12.2. The van der Waals surface area contributed by atoms with Gasteiger partial charge in [0.2, 0.25) is 0 Å². The summed E-state index contributed by atoms with van der Waals surface area (Å²) in [7, 11) is 0. The summed E-state index contributed by atoms with van der Waals surface area (Å²) in [5, 5.41) is 3.84. The third-order valence-electron chi connectivity index (χ3n) is 3.47. The zero-order valence-electron chi connectivity index (χ0n) is 11.4. The highest BCUT2D eigenvalue weighted by Gasteiger charge is 2.25. The minimum atomic E-state index is -0.0175. The predicted octanol–water partition coefficient (Wildman–Crippen LogP) is 2.34. The van der Waals surface area contributed by atoms with Crippen molar-refractivity contribution < 1.29 is 4.79 Å². The highest BCUT2D eigenvalue weighted by atomic mass is 35.5. The second-order valence-corrected chi connectivity index (χ2v) is 5.61. The highest BCUT2D eigenvalue weighted by Crippen LogP contribution is 2.18. The molecule has 1 amide bonds. The van der Waals surface area contributed by atoms with E-state index in [-0.39, 0.29) is 11.9 Å². The number of halogens is 1. The Kier molecular flexibility index (Phi) is 4.77. The van der Waals surface area contributed by atoms with Gasteiger partial charge in [0, 0.05) is 31.0 Å². The topological polar surface area (TPSA) is 45.2 Å². The number of nitrogens with zero attached hydrogens (tertiary/aromatic N) is 2. The van der Waals surface area contributed by atoms with E-state index in [0.29, 0.717) is 16.6 Å². The van der Waals surface area contributed by atoms with Crippen LogP contribution >= 0.6 is 11.6 Å². The summed E-state index contributed by atoms with van der Waals surface area (Å²) in [6, 6.07) is 2.23. The van der Waals surface area contributed by atoms with Crippen molar-refractivity contribution in [3.63, 3.8) is 0 Å². The number of nitrogens with one attached hydrogen (secondary N) is 1. The number of rotatable bonds is 4. The zero-order chi connectivity index (χ0) is 13.8. The first kappa shape index (κ1) is 14.3. The molecule has 1 unspecified atom stereocenters. The lowest BCUT2D eigenvalue weighted by atomic mass is 10.1. The normalized spacial score (nSPS) is 18.8. The minimum absolute atomic E-state index is 0.0175. The molecule has 2 rings (SSSR count). The Balaban J connectivity index is 2.14. The number of hydrogen-bond acceptors (Lipinski definition) is 3. The Labute approximate surface area is 119 Å². The third-order valence-corrected chi connectivity index (χ3v) is 3.77. The Bertz CT molecular complexity index is 444. The van der Waals surface area contributed by atoms with Crippen LogP contribution in [0.1, 0.15) is 37.0 Å². The van der Waals surface area contributed by atoms with Gasteiger partial charge in [-0.3, -0.25) is 9.78 Å². The average molecular weight is 282 g/mol. The molecule has 0 aliphatic carbocycles. The van der Waals surface area contributed by atoms with Crippen LogP contribution in [0.2, 0.25) is 5.02 Å². The van der Waals surface area contributed by atoms with Crippen molar-refractivity contribution >= 4 is 17.5 Å². The molecule has 0 saturated carbocycles. The number of hydrogen-bond donors (Lipinski definition) is 1. The second-order valence-electron chi connectivity index (χ2n) is 5.20. The Morgan fingerprint density at radius 2 is 2.42 bits per heavy atom. The summed E-state index contributed by atoms with van der Waals surface area (Å²) in [5.41, 5.74) is 0.531. The number of carbonyl (C=O) groups is 1. The maximum absolute atomic E-state index is 12.6. The van der Waals surface area contributed by atoms with E-state index < -0.39 is 0 Å².